The molecule has 8 nitrogen and oxygen atoms in total. The molecule has 0 unspecified atom stereocenters. The molecule has 2 atom stereocenters. The lowest BCUT2D eigenvalue weighted by Gasteiger charge is -2.18. The fourth-order valence-electron chi connectivity index (χ4n) is 4.50. The van der Waals surface area contributed by atoms with E-state index in [-0.39, 0.29) is 18.4 Å². The first-order chi connectivity index (χ1) is 14.4. The van der Waals surface area contributed by atoms with Crippen LogP contribution in [0.5, 0.6) is 5.88 Å². The van der Waals surface area contributed by atoms with E-state index in [1.807, 2.05) is 18.2 Å². The molecule has 0 aliphatic carbocycles. The molecule has 1 aromatic carbocycles. The third kappa shape index (κ3) is 2.65. The fraction of sp³-hybridized carbons (Fsp3) is 0.286. The molecule has 154 valence electrons. The molecule has 0 N–H and O–H groups in total. The molecule has 2 aromatic heterocycles. The van der Waals surface area contributed by atoms with Crippen LogP contribution in [-0.4, -0.2) is 59.4 Å². The minimum Gasteiger partial charge on any atom is -0.481 e. The van der Waals surface area contributed by atoms with Crippen LogP contribution >= 0.6 is 0 Å². The number of rotatable bonds is 3. The van der Waals surface area contributed by atoms with Gasteiger partial charge in [-0.05, 0) is 41.5 Å². The van der Waals surface area contributed by atoms with Gasteiger partial charge in [-0.1, -0.05) is 6.07 Å². The minimum absolute atomic E-state index is 0.178. The molecule has 0 spiro atoms. The Morgan fingerprint density at radius 2 is 2.00 bits per heavy atom. The number of sulfone groups is 1. The van der Waals surface area contributed by atoms with Crippen molar-refractivity contribution in [2.24, 2.45) is 7.05 Å². The second-order valence-electron chi connectivity index (χ2n) is 7.55. The van der Waals surface area contributed by atoms with E-state index < -0.39 is 15.1 Å². The quantitative estimate of drug-likeness (QED) is 0.637. The van der Waals surface area contributed by atoms with E-state index in [9.17, 15) is 13.2 Å². The first-order valence-electron chi connectivity index (χ1n) is 9.56. The summed E-state index contributed by atoms with van der Waals surface area (Å²) in [4.78, 5) is 19.1. The second-order valence-corrected chi connectivity index (χ2v) is 9.69. The van der Waals surface area contributed by atoms with Crippen LogP contribution in [0.1, 0.15) is 22.0 Å². The second kappa shape index (κ2) is 6.66. The van der Waals surface area contributed by atoms with Gasteiger partial charge in [0.1, 0.15) is 5.69 Å². The highest BCUT2D eigenvalue weighted by Gasteiger charge is 2.51. The first kappa shape index (κ1) is 18.8. The number of carbonyl (C=O) groups excluding carboxylic acids is 1. The van der Waals surface area contributed by atoms with E-state index in [0.717, 1.165) is 16.7 Å². The van der Waals surface area contributed by atoms with Gasteiger partial charge in [-0.25, -0.2) is 13.4 Å². The van der Waals surface area contributed by atoms with E-state index in [1.54, 1.807) is 49.7 Å². The highest BCUT2D eigenvalue weighted by atomic mass is 32.2. The van der Waals surface area contributed by atoms with Crippen LogP contribution in [0.25, 0.3) is 11.1 Å². The van der Waals surface area contributed by atoms with Gasteiger partial charge in [-0.3, -0.25) is 9.48 Å². The lowest BCUT2D eigenvalue weighted by molar-refractivity contribution is 0.0780. The Kier molecular flexibility index (Phi) is 4.18. The third-order valence-corrected chi connectivity index (χ3v) is 8.24. The first-order valence-corrected chi connectivity index (χ1v) is 11.1. The van der Waals surface area contributed by atoms with Crippen molar-refractivity contribution >= 4 is 15.7 Å². The number of fused-ring (bicyclic) bond motifs is 3. The number of amides is 1. The lowest BCUT2D eigenvalue weighted by atomic mass is 9.95. The van der Waals surface area contributed by atoms with Gasteiger partial charge in [0.15, 0.2) is 9.84 Å². The summed E-state index contributed by atoms with van der Waals surface area (Å²) in [5.74, 6) is 0.0188. The molecular formula is C21H20N4O4S. The lowest BCUT2D eigenvalue weighted by Crippen LogP contribution is -2.32. The van der Waals surface area contributed by atoms with E-state index in [0.29, 0.717) is 23.0 Å². The molecule has 0 bridgehead atoms. The number of aryl methyl sites for hydroxylation is 1. The Morgan fingerprint density at radius 3 is 2.73 bits per heavy atom. The van der Waals surface area contributed by atoms with Crippen LogP contribution in [0.2, 0.25) is 0 Å². The Balaban J connectivity index is 1.54. The van der Waals surface area contributed by atoms with Crippen molar-refractivity contribution in [3.63, 3.8) is 0 Å². The predicted octanol–water partition coefficient (Wildman–Crippen LogP) is 1.89. The molecule has 5 rings (SSSR count). The number of benzene rings is 1. The number of aromatic nitrogens is 3. The normalized spacial score (nSPS) is 21.3. The van der Waals surface area contributed by atoms with Crippen molar-refractivity contribution in [1.29, 1.82) is 0 Å². The maximum atomic E-state index is 13.2. The zero-order valence-corrected chi connectivity index (χ0v) is 17.3. The molecule has 4 heterocycles. The largest absolute Gasteiger partial charge is 0.481 e. The van der Waals surface area contributed by atoms with Gasteiger partial charge in [0.05, 0.1) is 17.3 Å². The van der Waals surface area contributed by atoms with Gasteiger partial charge in [-0.15, -0.1) is 0 Å². The number of hydrogen-bond acceptors (Lipinski definition) is 6. The fourth-order valence-corrected chi connectivity index (χ4v) is 6.66. The number of methoxy groups -OCH3 is 1. The maximum Gasteiger partial charge on any atom is 0.272 e. The summed E-state index contributed by atoms with van der Waals surface area (Å²) in [7, 11) is -0.254. The number of nitrogens with zero attached hydrogens (tertiary/aromatic N) is 4. The molecule has 3 aromatic rings. The number of carbonyl (C=O) groups is 1. The smallest absolute Gasteiger partial charge is 0.272 e. The standard InChI is InChI=1S/C21H20N4O4S/c1-24-17(7-9-23-24)21(26)25-11-16-15-10-13(14-4-3-8-22-20(14)29-2)5-6-18(15)30(27,28)19(16)12-25/h3-10,16,19H,11-12H2,1-2H3/t16-,19+/m1/s1. The predicted molar refractivity (Wildman–Crippen MR) is 109 cm³/mol. The van der Waals surface area contributed by atoms with Crippen molar-refractivity contribution in [3.8, 4) is 17.0 Å². The number of ether oxygens (including phenoxy) is 1. The van der Waals surface area contributed by atoms with E-state index in [1.165, 1.54) is 4.68 Å². The van der Waals surface area contributed by atoms with Crippen LogP contribution in [-0.2, 0) is 16.9 Å². The van der Waals surface area contributed by atoms with Crippen molar-refractivity contribution in [2.45, 2.75) is 16.1 Å². The zero-order valence-electron chi connectivity index (χ0n) is 16.5. The molecule has 2 aliphatic heterocycles. The Labute approximate surface area is 174 Å². The van der Waals surface area contributed by atoms with Crippen molar-refractivity contribution in [3.05, 3.63) is 60.0 Å². The van der Waals surface area contributed by atoms with Crippen molar-refractivity contribution < 1.29 is 17.9 Å². The molecular weight excluding hydrogens is 404 g/mol. The third-order valence-electron chi connectivity index (χ3n) is 5.98. The molecule has 9 heteroatoms. The molecule has 1 saturated heterocycles. The van der Waals surface area contributed by atoms with Crippen molar-refractivity contribution in [2.75, 3.05) is 20.2 Å². The van der Waals surface area contributed by atoms with Gasteiger partial charge < -0.3 is 9.64 Å². The van der Waals surface area contributed by atoms with Crippen LogP contribution in [0.4, 0.5) is 0 Å². The van der Waals surface area contributed by atoms with Crippen LogP contribution in [0.15, 0.2) is 53.7 Å². The number of likely N-dealkylation sites (tertiary alicyclic amines) is 1. The summed E-state index contributed by atoms with van der Waals surface area (Å²) in [6.45, 7) is 0.534. The molecule has 0 radical (unpaired) electrons. The van der Waals surface area contributed by atoms with Crippen LogP contribution in [0.3, 0.4) is 0 Å². The SMILES string of the molecule is COc1ncccc1-c1ccc2c(c1)[C@H]1CN(C(=O)c3ccnn3C)C[C@@H]1S2(=O)=O. The van der Waals surface area contributed by atoms with Gasteiger partial charge in [0.2, 0.25) is 5.88 Å². The summed E-state index contributed by atoms with van der Waals surface area (Å²) in [5, 5.41) is 3.41. The van der Waals surface area contributed by atoms with E-state index in [4.69, 9.17) is 4.74 Å². The van der Waals surface area contributed by atoms with Gasteiger partial charge >= 0.3 is 0 Å². The summed E-state index contributed by atoms with van der Waals surface area (Å²) < 4.78 is 33.2. The zero-order chi connectivity index (χ0) is 21.0. The van der Waals surface area contributed by atoms with Crippen LogP contribution < -0.4 is 4.74 Å². The van der Waals surface area contributed by atoms with Gasteiger partial charge in [0, 0.05) is 44.0 Å². The molecule has 1 amide bonds. The van der Waals surface area contributed by atoms with Gasteiger partial charge in [-0.2, -0.15) is 5.10 Å². The van der Waals surface area contributed by atoms with Crippen LogP contribution in [0, 0.1) is 0 Å². The summed E-state index contributed by atoms with van der Waals surface area (Å²) in [6, 6.07) is 10.7. The average molecular weight is 424 g/mol. The average Bonchev–Trinajstić information content (AvgIpc) is 3.43. The van der Waals surface area contributed by atoms with Crippen molar-refractivity contribution in [1.82, 2.24) is 19.7 Å². The Morgan fingerprint density at radius 1 is 1.17 bits per heavy atom. The summed E-state index contributed by atoms with van der Waals surface area (Å²) >= 11 is 0. The molecule has 1 fully saturated rings. The molecule has 0 saturated carbocycles. The Bertz CT molecular complexity index is 1270. The highest BCUT2D eigenvalue weighted by Crippen LogP contribution is 2.46. The monoisotopic (exact) mass is 424 g/mol. The number of hydrogen-bond donors (Lipinski definition) is 0. The maximum absolute atomic E-state index is 13.2. The topological polar surface area (TPSA) is 94.4 Å². The summed E-state index contributed by atoms with van der Waals surface area (Å²) in [6.07, 6.45) is 3.21. The minimum atomic E-state index is -3.51. The molecule has 30 heavy (non-hydrogen) atoms. The Hall–Kier alpha value is -3.20. The summed E-state index contributed by atoms with van der Waals surface area (Å²) in [5.41, 5.74) is 2.83. The molecule has 2 aliphatic rings. The van der Waals surface area contributed by atoms with E-state index >= 15 is 0 Å². The number of pyridine rings is 1. The highest BCUT2D eigenvalue weighted by molar-refractivity contribution is 7.92. The van der Waals surface area contributed by atoms with Gasteiger partial charge in [0.25, 0.3) is 5.91 Å². The van der Waals surface area contributed by atoms with E-state index in [2.05, 4.69) is 10.1 Å².